The Morgan fingerprint density at radius 2 is 1.65 bits per heavy atom. The molecule has 0 aliphatic carbocycles. The second-order valence-corrected chi connectivity index (χ2v) is 6.15. The molecule has 0 spiro atoms. The van der Waals surface area contributed by atoms with Gasteiger partial charge in [0.2, 0.25) is 5.24 Å². The minimum atomic E-state index is -0.801. The fraction of sp³-hybridized carbons (Fsp3) is 0.176. The molecule has 1 N–H and O–H groups in total. The van der Waals surface area contributed by atoms with Crippen LogP contribution in [0.5, 0.6) is 0 Å². The van der Waals surface area contributed by atoms with Gasteiger partial charge in [-0.1, -0.05) is 48.5 Å². The van der Waals surface area contributed by atoms with Gasteiger partial charge in [0, 0.05) is 10.6 Å². The zero-order valence-electron chi connectivity index (χ0n) is 12.3. The molecule has 0 aliphatic rings. The molecule has 0 fully saturated rings. The van der Waals surface area contributed by atoms with E-state index < -0.39 is 17.4 Å². The molecular weight excluding hydrogens is 334 g/mol. The van der Waals surface area contributed by atoms with Gasteiger partial charge in [-0.05, 0) is 29.3 Å². The van der Waals surface area contributed by atoms with Crippen molar-refractivity contribution in [3.8, 4) is 0 Å². The lowest BCUT2D eigenvalue weighted by atomic mass is 10.2. The molecule has 23 heavy (non-hydrogen) atoms. The molecule has 0 aliphatic heterocycles. The maximum Gasteiger partial charge on any atom is 0.408 e. The van der Waals surface area contributed by atoms with Crippen molar-refractivity contribution in [2.75, 3.05) is 5.75 Å². The quantitative estimate of drug-likeness (QED) is 0.609. The molecule has 2 aromatic carbocycles. The highest BCUT2D eigenvalue weighted by molar-refractivity contribution is 7.99. The van der Waals surface area contributed by atoms with Gasteiger partial charge in [-0.2, -0.15) is 0 Å². The van der Waals surface area contributed by atoms with Gasteiger partial charge < -0.3 is 10.1 Å². The van der Waals surface area contributed by atoms with Gasteiger partial charge in [0.25, 0.3) is 0 Å². The standard InChI is InChI=1S/C17H16ClNO3S/c18-16(20)15(12-23-14-9-5-2-6-10-14)19-17(21)22-11-13-7-3-1-4-8-13/h1-10,15H,11-12H2,(H,19,21)/t15-/m0/s1. The summed E-state index contributed by atoms with van der Waals surface area (Å²) in [4.78, 5) is 24.2. The molecule has 0 heterocycles. The second kappa shape index (κ2) is 9.22. The second-order valence-electron chi connectivity index (χ2n) is 4.69. The van der Waals surface area contributed by atoms with Crippen LogP contribution in [0.1, 0.15) is 5.56 Å². The molecule has 1 atom stereocenters. The molecule has 1 amide bonds. The van der Waals surface area contributed by atoms with Crippen LogP contribution in [-0.2, 0) is 16.1 Å². The number of amides is 1. The third-order valence-electron chi connectivity index (χ3n) is 2.94. The van der Waals surface area contributed by atoms with Crippen LogP contribution in [0.4, 0.5) is 4.79 Å². The van der Waals surface area contributed by atoms with Gasteiger partial charge in [0.1, 0.15) is 12.6 Å². The van der Waals surface area contributed by atoms with Crippen molar-refractivity contribution in [2.24, 2.45) is 0 Å². The molecule has 0 saturated carbocycles. The Kier molecular flexibility index (Phi) is 6.97. The number of halogens is 1. The summed E-state index contributed by atoms with van der Waals surface area (Å²) in [5.41, 5.74) is 0.870. The summed E-state index contributed by atoms with van der Waals surface area (Å²) in [5.74, 6) is 0.340. The van der Waals surface area contributed by atoms with Crippen molar-refractivity contribution in [1.82, 2.24) is 5.32 Å². The summed E-state index contributed by atoms with van der Waals surface area (Å²) in [6, 6.07) is 18.1. The van der Waals surface area contributed by atoms with Crippen LogP contribution >= 0.6 is 23.4 Å². The molecule has 0 bridgehead atoms. The molecule has 120 valence electrons. The monoisotopic (exact) mass is 349 g/mol. The maximum atomic E-state index is 11.8. The van der Waals surface area contributed by atoms with Crippen molar-refractivity contribution < 1.29 is 14.3 Å². The van der Waals surface area contributed by atoms with Crippen LogP contribution in [-0.4, -0.2) is 23.1 Å². The smallest absolute Gasteiger partial charge is 0.408 e. The van der Waals surface area contributed by atoms with Gasteiger partial charge in [0.15, 0.2) is 0 Å². The highest BCUT2D eigenvalue weighted by Gasteiger charge is 2.20. The van der Waals surface area contributed by atoms with Crippen molar-refractivity contribution in [1.29, 1.82) is 0 Å². The predicted octanol–water partition coefficient (Wildman–Crippen LogP) is 3.84. The van der Waals surface area contributed by atoms with Crippen LogP contribution in [0, 0.1) is 0 Å². The Bertz CT molecular complexity index is 637. The first-order valence-corrected chi connectivity index (χ1v) is 8.36. The van der Waals surface area contributed by atoms with Gasteiger partial charge in [-0.15, -0.1) is 11.8 Å². The summed E-state index contributed by atoms with van der Waals surface area (Å²) < 4.78 is 5.09. The van der Waals surface area contributed by atoms with Crippen molar-refractivity contribution in [3.63, 3.8) is 0 Å². The number of ether oxygens (including phenoxy) is 1. The van der Waals surface area contributed by atoms with Crippen LogP contribution in [0.3, 0.4) is 0 Å². The Labute approximate surface area is 144 Å². The maximum absolute atomic E-state index is 11.8. The van der Waals surface area contributed by atoms with E-state index in [1.165, 1.54) is 11.8 Å². The fourth-order valence-corrected chi connectivity index (χ4v) is 2.93. The molecule has 6 heteroatoms. The minimum absolute atomic E-state index is 0.141. The van der Waals surface area contributed by atoms with Gasteiger partial charge in [-0.25, -0.2) is 4.79 Å². The average molecular weight is 350 g/mol. The third-order valence-corrected chi connectivity index (χ3v) is 4.31. The van der Waals surface area contributed by atoms with E-state index in [4.69, 9.17) is 16.3 Å². The Morgan fingerprint density at radius 1 is 1.04 bits per heavy atom. The summed E-state index contributed by atoms with van der Waals surface area (Å²) in [7, 11) is 0. The Balaban J connectivity index is 1.81. The number of alkyl carbamates (subject to hydrolysis) is 1. The van der Waals surface area contributed by atoms with E-state index in [1.54, 1.807) is 0 Å². The lowest BCUT2D eigenvalue weighted by Gasteiger charge is -2.14. The molecule has 0 unspecified atom stereocenters. The number of hydrogen-bond donors (Lipinski definition) is 1. The van der Waals surface area contributed by atoms with E-state index in [1.807, 2.05) is 60.7 Å². The highest BCUT2D eigenvalue weighted by atomic mass is 35.5. The topological polar surface area (TPSA) is 55.4 Å². The molecule has 2 rings (SSSR count). The first-order valence-electron chi connectivity index (χ1n) is 6.99. The molecular formula is C17H16ClNO3S. The lowest BCUT2D eigenvalue weighted by Crippen LogP contribution is -2.41. The average Bonchev–Trinajstić information content (AvgIpc) is 2.58. The van der Waals surface area contributed by atoms with E-state index >= 15 is 0 Å². The van der Waals surface area contributed by atoms with Crippen molar-refractivity contribution in [2.45, 2.75) is 17.5 Å². The summed E-state index contributed by atoms with van der Waals surface area (Å²) >= 11 is 6.99. The number of thioether (sulfide) groups is 1. The highest BCUT2D eigenvalue weighted by Crippen LogP contribution is 2.18. The van der Waals surface area contributed by atoms with Crippen molar-refractivity contribution in [3.05, 3.63) is 66.2 Å². The first kappa shape index (κ1) is 17.4. The summed E-state index contributed by atoms with van der Waals surface area (Å²) in [6.45, 7) is 0.141. The van der Waals surface area contributed by atoms with E-state index in [9.17, 15) is 9.59 Å². The van der Waals surface area contributed by atoms with E-state index in [0.717, 1.165) is 10.5 Å². The number of nitrogens with one attached hydrogen (secondary N) is 1. The predicted molar refractivity (Wildman–Crippen MR) is 91.6 cm³/mol. The number of carbonyl (C=O) groups is 2. The zero-order valence-corrected chi connectivity index (χ0v) is 13.8. The van der Waals surface area contributed by atoms with Gasteiger partial charge in [-0.3, -0.25) is 4.79 Å². The minimum Gasteiger partial charge on any atom is -0.445 e. The van der Waals surface area contributed by atoms with Crippen LogP contribution in [0.2, 0.25) is 0 Å². The van der Waals surface area contributed by atoms with Crippen LogP contribution in [0.25, 0.3) is 0 Å². The van der Waals surface area contributed by atoms with Crippen molar-refractivity contribution >= 4 is 34.7 Å². The zero-order chi connectivity index (χ0) is 16.5. The molecule has 0 radical (unpaired) electrons. The summed E-state index contributed by atoms with van der Waals surface area (Å²) in [6.07, 6.45) is -0.665. The van der Waals surface area contributed by atoms with Crippen LogP contribution < -0.4 is 5.32 Å². The lowest BCUT2D eigenvalue weighted by molar-refractivity contribution is -0.113. The van der Waals surface area contributed by atoms with E-state index in [-0.39, 0.29) is 6.61 Å². The fourth-order valence-electron chi connectivity index (χ4n) is 1.77. The number of benzene rings is 2. The van der Waals surface area contributed by atoms with Gasteiger partial charge in [0.05, 0.1) is 0 Å². The first-order chi connectivity index (χ1) is 11.1. The number of carbonyl (C=O) groups excluding carboxylic acids is 2. The third kappa shape index (κ3) is 6.34. The van der Waals surface area contributed by atoms with E-state index in [2.05, 4.69) is 5.32 Å². The largest absolute Gasteiger partial charge is 0.445 e. The normalized spacial score (nSPS) is 11.5. The number of rotatable bonds is 7. The molecule has 0 saturated heterocycles. The SMILES string of the molecule is O=C(N[C@@H](CSc1ccccc1)C(=O)Cl)OCc1ccccc1. The Morgan fingerprint density at radius 3 is 2.26 bits per heavy atom. The molecule has 2 aromatic rings. The molecule has 0 aromatic heterocycles. The van der Waals surface area contributed by atoms with E-state index in [0.29, 0.717) is 5.75 Å². The van der Waals surface area contributed by atoms with Crippen LogP contribution in [0.15, 0.2) is 65.6 Å². The molecule has 4 nitrogen and oxygen atoms in total. The number of hydrogen-bond acceptors (Lipinski definition) is 4. The summed E-state index contributed by atoms with van der Waals surface area (Å²) in [5, 5.41) is 1.87. The Hall–Kier alpha value is -1.98. The van der Waals surface area contributed by atoms with Gasteiger partial charge >= 0.3 is 6.09 Å².